The van der Waals surface area contributed by atoms with Crippen LogP contribution >= 0.6 is 0 Å². The lowest BCUT2D eigenvalue weighted by atomic mass is 9.82. The van der Waals surface area contributed by atoms with Gasteiger partial charge in [-0.05, 0) is 54.9 Å². The first-order valence-corrected chi connectivity index (χ1v) is 11.7. The predicted molar refractivity (Wildman–Crippen MR) is 128 cm³/mol. The van der Waals surface area contributed by atoms with Crippen molar-refractivity contribution in [1.82, 2.24) is 9.80 Å². The van der Waals surface area contributed by atoms with E-state index in [1.54, 1.807) is 14.2 Å². The lowest BCUT2D eigenvalue weighted by molar-refractivity contribution is -0.131. The van der Waals surface area contributed by atoms with Gasteiger partial charge in [-0.2, -0.15) is 0 Å². The van der Waals surface area contributed by atoms with Crippen molar-refractivity contribution in [2.45, 2.75) is 25.7 Å². The fourth-order valence-corrected chi connectivity index (χ4v) is 5.03. The Morgan fingerprint density at radius 1 is 1.00 bits per heavy atom. The van der Waals surface area contributed by atoms with Gasteiger partial charge in [-0.3, -0.25) is 4.79 Å². The smallest absolute Gasteiger partial charge is 0.321 e. The minimum absolute atomic E-state index is 0.0581. The first kappa shape index (κ1) is 23.0. The Morgan fingerprint density at radius 3 is 2.55 bits per heavy atom. The lowest BCUT2D eigenvalue weighted by Crippen LogP contribution is -2.45. The van der Waals surface area contributed by atoms with Crippen LogP contribution in [0.4, 0.5) is 10.5 Å². The molecule has 0 spiro atoms. The van der Waals surface area contributed by atoms with Gasteiger partial charge in [-0.15, -0.1) is 0 Å². The van der Waals surface area contributed by atoms with Crippen LogP contribution in [0, 0.1) is 11.8 Å². The number of benzene rings is 2. The topological polar surface area (TPSA) is 71.1 Å². The molecular weight excluding hydrogens is 418 g/mol. The van der Waals surface area contributed by atoms with E-state index in [2.05, 4.69) is 5.32 Å². The first-order valence-electron chi connectivity index (χ1n) is 11.7. The Kier molecular flexibility index (Phi) is 7.37. The van der Waals surface area contributed by atoms with Crippen LogP contribution in [0.3, 0.4) is 0 Å². The Bertz CT molecular complexity index is 965. The summed E-state index contributed by atoms with van der Waals surface area (Å²) in [6.45, 7) is 2.77. The summed E-state index contributed by atoms with van der Waals surface area (Å²) < 4.78 is 10.9. The van der Waals surface area contributed by atoms with Gasteiger partial charge in [0.25, 0.3) is 0 Å². The van der Waals surface area contributed by atoms with Crippen LogP contribution in [0.1, 0.15) is 24.8 Å². The number of urea groups is 1. The van der Waals surface area contributed by atoms with E-state index < -0.39 is 0 Å². The van der Waals surface area contributed by atoms with Gasteiger partial charge in [0.15, 0.2) is 11.5 Å². The second-order valence-electron chi connectivity index (χ2n) is 8.83. The standard InChI is InChI=1S/C26H33N3O4/c1-32-23-10-6-7-19(25(23)33-2)11-14-28-15-13-21-18-29(16-12-20(21)17-24(28)30)26(31)27-22-8-4-3-5-9-22/h3-10,20-21H,11-18H2,1-2H3,(H,27,31). The van der Waals surface area contributed by atoms with E-state index in [0.717, 1.165) is 36.4 Å². The van der Waals surface area contributed by atoms with Crippen molar-refractivity contribution in [2.75, 3.05) is 45.7 Å². The summed E-state index contributed by atoms with van der Waals surface area (Å²) in [5, 5.41) is 2.99. The van der Waals surface area contributed by atoms with Gasteiger partial charge in [0.2, 0.25) is 5.91 Å². The molecule has 7 heteroatoms. The third-order valence-electron chi connectivity index (χ3n) is 6.90. The normalized spacial score (nSPS) is 20.6. The van der Waals surface area contributed by atoms with E-state index in [0.29, 0.717) is 50.1 Å². The molecule has 2 aliphatic heterocycles. The molecule has 2 saturated heterocycles. The molecule has 0 aliphatic carbocycles. The van der Waals surface area contributed by atoms with Crippen LogP contribution in [0.25, 0.3) is 0 Å². The molecule has 2 atom stereocenters. The zero-order chi connectivity index (χ0) is 23.2. The summed E-state index contributed by atoms with van der Waals surface area (Å²) in [6.07, 6.45) is 3.07. The minimum atomic E-state index is -0.0581. The highest BCUT2D eigenvalue weighted by molar-refractivity contribution is 5.89. The number of methoxy groups -OCH3 is 2. The average Bonchev–Trinajstić information content (AvgIpc) is 3.00. The predicted octanol–water partition coefficient (Wildman–Crippen LogP) is 4.04. The van der Waals surface area contributed by atoms with Gasteiger partial charge in [0, 0.05) is 38.3 Å². The molecule has 0 bridgehead atoms. The van der Waals surface area contributed by atoms with Crippen molar-refractivity contribution in [1.29, 1.82) is 0 Å². The number of ether oxygens (including phenoxy) is 2. The number of anilines is 1. The first-order chi connectivity index (χ1) is 16.1. The number of piperidine rings is 1. The number of nitrogens with one attached hydrogen (secondary N) is 1. The molecule has 176 valence electrons. The largest absolute Gasteiger partial charge is 0.493 e. The molecule has 7 nitrogen and oxygen atoms in total. The van der Waals surface area contributed by atoms with Crippen molar-refractivity contribution in [3.63, 3.8) is 0 Å². The molecule has 0 aromatic heterocycles. The number of hydrogen-bond acceptors (Lipinski definition) is 4. The van der Waals surface area contributed by atoms with Crippen LogP contribution in [-0.2, 0) is 11.2 Å². The molecule has 2 aromatic rings. The van der Waals surface area contributed by atoms with Crippen LogP contribution in [0.5, 0.6) is 11.5 Å². The van der Waals surface area contributed by atoms with Gasteiger partial charge in [0.1, 0.15) is 0 Å². The average molecular weight is 452 g/mol. The van der Waals surface area contributed by atoms with E-state index >= 15 is 0 Å². The zero-order valence-corrected chi connectivity index (χ0v) is 19.5. The van der Waals surface area contributed by atoms with Crippen LogP contribution in [-0.4, -0.2) is 62.1 Å². The van der Waals surface area contributed by atoms with Gasteiger partial charge in [0.05, 0.1) is 14.2 Å². The number of likely N-dealkylation sites (tertiary alicyclic amines) is 2. The summed E-state index contributed by atoms with van der Waals surface area (Å²) in [5.41, 5.74) is 1.84. The Labute approximate surface area is 195 Å². The number of para-hydroxylation sites is 2. The maximum atomic E-state index is 13.0. The Morgan fingerprint density at radius 2 is 1.79 bits per heavy atom. The zero-order valence-electron chi connectivity index (χ0n) is 19.5. The number of carbonyl (C=O) groups excluding carboxylic acids is 2. The fraction of sp³-hybridized carbons (Fsp3) is 0.462. The summed E-state index contributed by atoms with van der Waals surface area (Å²) >= 11 is 0. The number of carbonyl (C=O) groups is 2. The highest BCUT2D eigenvalue weighted by Gasteiger charge is 2.36. The van der Waals surface area contributed by atoms with Crippen molar-refractivity contribution in [2.24, 2.45) is 11.8 Å². The number of amides is 3. The monoisotopic (exact) mass is 451 g/mol. The van der Waals surface area contributed by atoms with Gasteiger partial charge < -0.3 is 24.6 Å². The Balaban J connectivity index is 1.35. The van der Waals surface area contributed by atoms with E-state index in [1.807, 2.05) is 58.3 Å². The van der Waals surface area contributed by atoms with Crippen LogP contribution < -0.4 is 14.8 Å². The summed E-state index contributed by atoms with van der Waals surface area (Å²) in [4.78, 5) is 29.6. The molecule has 4 rings (SSSR count). The van der Waals surface area contributed by atoms with Crippen LogP contribution in [0.2, 0.25) is 0 Å². The van der Waals surface area contributed by atoms with Gasteiger partial charge in [-0.25, -0.2) is 4.79 Å². The summed E-state index contributed by atoms with van der Waals surface area (Å²) in [6, 6.07) is 15.3. The summed E-state index contributed by atoms with van der Waals surface area (Å²) in [5.74, 6) is 2.34. The summed E-state index contributed by atoms with van der Waals surface area (Å²) in [7, 11) is 3.27. The number of nitrogens with zero attached hydrogens (tertiary/aromatic N) is 2. The lowest BCUT2D eigenvalue weighted by Gasteiger charge is -2.37. The van der Waals surface area contributed by atoms with Gasteiger partial charge >= 0.3 is 6.03 Å². The SMILES string of the molecule is COc1cccc(CCN2CCC3CN(C(=O)Nc4ccccc4)CCC3CC2=O)c1OC. The van der Waals surface area contributed by atoms with Crippen molar-refractivity contribution < 1.29 is 19.1 Å². The highest BCUT2D eigenvalue weighted by Crippen LogP contribution is 2.34. The number of fused-ring (bicyclic) bond motifs is 1. The second-order valence-corrected chi connectivity index (χ2v) is 8.83. The van der Waals surface area contributed by atoms with E-state index in [1.165, 1.54) is 0 Å². The van der Waals surface area contributed by atoms with E-state index in [4.69, 9.17) is 9.47 Å². The molecule has 2 aromatic carbocycles. The maximum absolute atomic E-state index is 13.0. The highest BCUT2D eigenvalue weighted by atomic mass is 16.5. The van der Waals surface area contributed by atoms with E-state index in [-0.39, 0.29) is 11.9 Å². The van der Waals surface area contributed by atoms with Crippen molar-refractivity contribution in [3.8, 4) is 11.5 Å². The number of hydrogen-bond donors (Lipinski definition) is 1. The maximum Gasteiger partial charge on any atom is 0.321 e. The molecular formula is C26H33N3O4. The molecule has 0 saturated carbocycles. The molecule has 2 unspecified atom stereocenters. The van der Waals surface area contributed by atoms with Crippen molar-refractivity contribution in [3.05, 3.63) is 54.1 Å². The second kappa shape index (κ2) is 10.6. The molecule has 0 radical (unpaired) electrons. The molecule has 2 heterocycles. The van der Waals surface area contributed by atoms with Gasteiger partial charge in [-0.1, -0.05) is 30.3 Å². The fourth-order valence-electron chi connectivity index (χ4n) is 5.03. The molecule has 2 fully saturated rings. The molecule has 33 heavy (non-hydrogen) atoms. The molecule has 2 aliphatic rings. The molecule has 3 amide bonds. The quantitative estimate of drug-likeness (QED) is 0.720. The molecule has 1 N–H and O–H groups in total. The minimum Gasteiger partial charge on any atom is -0.493 e. The Hall–Kier alpha value is -3.22. The third-order valence-corrected chi connectivity index (χ3v) is 6.90. The number of rotatable bonds is 6. The van der Waals surface area contributed by atoms with E-state index in [9.17, 15) is 9.59 Å². The van der Waals surface area contributed by atoms with Crippen LogP contribution in [0.15, 0.2) is 48.5 Å². The van der Waals surface area contributed by atoms with Crippen molar-refractivity contribution >= 4 is 17.6 Å². The third kappa shape index (κ3) is 5.41.